The Labute approximate surface area is 108 Å². The lowest BCUT2D eigenvalue weighted by Crippen LogP contribution is -2.26. The molecule has 1 aliphatic carbocycles. The van der Waals surface area contributed by atoms with Crippen molar-refractivity contribution in [1.29, 1.82) is 0 Å². The van der Waals surface area contributed by atoms with E-state index in [-0.39, 0.29) is 0 Å². The molecular formula is C13H20ClN3. The quantitative estimate of drug-likeness (QED) is 0.827. The van der Waals surface area contributed by atoms with Gasteiger partial charge in [-0.05, 0) is 31.6 Å². The zero-order valence-corrected chi connectivity index (χ0v) is 11.1. The van der Waals surface area contributed by atoms with Crippen LogP contribution in [0.2, 0.25) is 5.15 Å². The zero-order chi connectivity index (χ0) is 12.1. The van der Waals surface area contributed by atoms with Gasteiger partial charge in [0.05, 0.1) is 0 Å². The van der Waals surface area contributed by atoms with Crippen molar-refractivity contribution in [2.45, 2.75) is 51.5 Å². The first-order chi connectivity index (χ1) is 8.28. The highest BCUT2D eigenvalue weighted by atomic mass is 35.5. The van der Waals surface area contributed by atoms with Crippen LogP contribution < -0.4 is 5.32 Å². The second-order valence-corrected chi connectivity index (χ2v) is 5.26. The minimum atomic E-state index is 0.502. The van der Waals surface area contributed by atoms with Crippen LogP contribution in [0.5, 0.6) is 0 Å². The van der Waals surface area contributed by atoms with Gasteiger partial charge in [0.2, 0.25) is 0 Å². The minimum absolute atomic E-state index is 0.502. The normalized spacial score (nSPS) is 24.6. The minimum Gasteiger partial charge on any atom is -0.367 e. The lowest BCUT2D eigenvalue weighted by atomic mass is 9.83. The first-order valence-corrected chi connectivity index (χ1v) is 6.89. The molecule has 0 spiro atoms. The highest BCUT2D eigenvalue weighted by molar-refractivity contribution is 6.29. The maximum atomic E-state index is 5.84. The molecule has 0 radical (unpaired) electrons. The standard InChI is InChI=1S/C13H20ClN3/c1-2-3-10-4-6-11(7-5-10)17-13-8-12(14)15-9-16-13/h8-11H,2-7H2,1H3,(H,15,16,17). The summed E-state index contributed by atoms with van der Waals surface area (Å²) in [6, 6.07) is 2.34. The largest absolute Gasteiger partial charge is 0.367 e. The Morgan fingerprint density at radius 1 is 1.29 bits per heavy atom. The molecule has 17 heavy (non-hydrogen) atoms. The Bertz CT molecular complexity index is 348. The smallest absolute Gasteiger partial charge is 0.134 e. The number of nitrogens with zero attached hydrogens (tertiary/aromatic N) is 2. The fourth-order valence-electron chi connectivity index (χ4n) is 2.63. The molecule has 94 valence electrons. The summed E-state index contributed by atoms with van der Waals surface area (Å²) in [6.45, 7) is 2.27. The molecule has 0 bridgehead atoms. The molecule has 1 fully saturated rings. The Balaban J connectivity index is 1.82. The first-order valence-electron chi connectivity index (χ1n) is 6.52. The van der Waals surface area contributed by atoms with E-state index in [1.165, 1.54) is 44.9 Å². The highest BCUT2D eigenvalue weighted by Gasteiger charge is 2.20. The van der Waals surface area contributed by atoms with E-state index in [9.17, 15) is 0 Å². The monoisotopic (exact) mass is 253 g/mol. The molecule has 2 rings (SSSR count). The molecule has 1 aromatic heterocycles. The molecule has 0 amide bonds. The van der Waals surface area contributed by atoms with Gasteiger partial charge in [-0.2, -0.15) is 0 Å². The van der Waals surface area contributed by atoms with Gasteiger partial charge in [0, 0.05) is 12.1 Å². The van der Waals surface area contributed by atoms with Crippen molar-refractivity contribution >= 4 is 17.4 Å². The highest BCUT2D eigenvalue weighted by Crippen LogP contribution is 2.29. The molecule has 0 atom stereocenters. The maximum Gasteiger partial charge on any atom is 0.134 e. The first kappa shape index (κ1) is 12.6. The molecule has 1 aromatic rings. The summed E-state index contributed by atoms with van der Waals surface area (Å²) in [6.07, 6.45) is 9.36. The van der Waals surface area contributed by atoms with Gasteiger partial charge in [0.1, 0.15) is 17.3 Å². The number of rotatable bonds is 4. The van der Waals surface area contributed by atoms with Crippen LogP contribution in [0.25, 0.3) is 0 Å². The van der Waals surface area contributed by atoms with E-state index in [1.54, 1.807) is 6.07 Å². The van der Waals surface area contributed by atoms with E-state index >= 15 is 0 Å². The summed E-state index contributed by atoms with van der Waals surface area (Å²) in [5.41, 5.74) is 0. The van der Waals surface area contributed by atoms with Crippen LogP contribution in [0.1, 0.15) is 45.4 Å². The lowest BCUT2D eigenvalue weighted by molar-refractivity contribution is 0.318. The number of anilines is 1. The number of hydrogen-bond acceptors (Lipinski definition) is 3. The van der Waals surface area contributed by atoms with Crippen molar-refractivity contribution in [2.24, 2.45) is 5.92 Å². The number of nitrogens with one attached hydrogen (secondary N) is 1. The molecule has 0 aliphatic heterocycles. The van der Waals surface area contributed by atoms with E-state index in [4.69, 9.17) is 11.6 Å². The van der Waals surface area contributed by atoms with Crippen LogP contribution in [0.4, 0.5) is 5.82 Å². The average molecular weight is 254 g/mol. The molecule has 0 saturated heterocycles. The fraction of sp³-hybridized carbons (Fsp3) is 0.692. The summed E-state index contributed by atoms with van der Waals surface area (Å²) in [5.74, 6) is 1.79. The van der Waals surface area contributed by atoms with Crippen LogP contribution in [-0.4, -0.2) is 16.0 Å². The second kappa shape index (κ2) is 6.20. The van der Waals surface area contributed by atoms with E-state index in [0.717, 1.165) is 11.7 Å². The Hall–Kier alpha value is -0.830. The van der Waals surface area contributed by atoms with Crippen molar-refractivity contribution in [3.8, 4) is 0 Å². The molecule has 0 unspecified atom stereocenters. The molecule has 0 aromatic carbocycles. The molecule has 1 N–H and O–H groups in total. The molecule has 1 saturated carbocycles. The third-order valence-electron chi connectivity index (χ3n) is 3.53. The van der Waals surface area contributed by atoms with Gasteiger partial charge in [-0.15, -0.1) is 0 Å². The summed E-state index contributed by atoms with van der Waals surface area (Å²) in [4.78, 5) is 8.07. The van der Waals surface area contributed by atoms with E-state index in [1.807, 2.05) is 0 Å². The van der Waals surface area contributed by atoms with Gasteiger partial charge in [0.25, 0.3) is 0 Å². The van der Waals surface area contributed by atoms with Crippen LogP contribution in [0.15, 0.2) is 12.4 Å². The molecule has 1 heterocycles. The third kappa shape index (κ3) is 3.84. The number of halogens is 1. The van der Waals surface area contributed by atoms with Crippen LogP contribution in [0.3, 0.4) is 0 Å². The van der Waals surface area contributed by atoms with Crippen LogP contribution >= 0.6 is 11.6 Å². The third-order valence-corrected chi connectivity index (χ3v) is 3.74. The maximum absolute atomic E-state index is 5.84. The van der Waals surface area contributed by atoms with E-state index in [0.29, 0.717) is 11.2 Å². The van der Waals surface area contributed by atoms with Crippen LogP contribution in [0, 0.1) is 5.92 Å². The van der Waals surface area contributed by atoms with Crippen molar-refractivity contribution in [3.05, 3.63) is 17.5 Å². The van der Waals surface area contributed by atoms with Gasteiger partial charge in [0.15, 0.2) is 0 Å². The van der Waals surface area contributed by atoms with Crippen LogP contribution in [-0.2, 0) is 0 Å². The average Bonchev–Trinajstić information content (AvgIpc) is 2.32. The van der Waals surface area contributed by atoms with Crippen molar-refractivity contribution < 1.29 is 0 Å². The summed E-state index contributed by atoms with van der Waals surface area (Å²) >= 11 is 5.84. The van der Waals surface area contributed by atoms with E-state index < -0.39 is 0 Å². The SMILES string of the molecule is CCCC1CCC(Nc2cc(Cl)ncn2)CC1. The van der Waals surface area contributed by atoms with Gasteiger partial charge in [-0.25, -0.2) is 9.97 Å². The predicted molar refractivity (Wildman–Crippen MR) is 71.3 cm³/mol. The predicted octanol–water partition coefficient (Wildman–Crippen LogP) is 3.90. The zero-order valence-electron chi connectivity index (χ0n) is 10.3. The lowest BCUT2D eigenvalue weighted by Gasteiger charge is -2.29. The number of hydrogen-bond donors (Lipinski definition) is 1. The van der Waals surface area contributed by atoms with Gasteiger partial charge < -0.3 is 5.32 Å². The summed E-state index contributed by atoms with van der Waals surface area (Å²) < 4.78 is 0. The molecule has 3 nitrogen and oxygen atoms in total. The van der Waals surface area contributed by atoms with E-state index in [2.05, 4.69) is 22.2 Å². The number of aromatic nitrogens is 2. The van der Waals surface area contributed by atoms with Gasteiger partial charge in [-0.1, -0.05) is 31.4 Å². The van der Waals surface area contributed by atoms with Gasteiger partial charge in [-0.3, -0.25) is 0 Å². The molecule has 1 aliphatic rings. The topological polar surface area (TPSA) is 37.8 Å². The van der Waals surface area contributed by atoms with Crippen molar-refractivity contribution in [3.63, 3.8) is 0 Å². The van der Waals surface area contributed by atoms with Crippen molar-refractivity contribution in [1.82, 2.24) is 9.97 Å². The Morgan fingerprint density at radius 2 is 2.06 bits per heavy atom. The molecule has 4 heteroatoms. The van der Waals surface area contributed by atoms with Crippen molar-refractivity contribution in [2.75, 3.05) is 5.32 Å². The summed E-state index contributed by atoms with van der Waals surface area (Å²) in [7, 11) is 0. The summed E-state index contributed by atoms with van der Waals surface area (Å²) in [5, 5.41) is 3.95. The Kier molecular flexibility index (Phi) is 4.60. The molecular weight excluding hydrogens is 234 g/mol. The van der Waals surface area contributed by atoms with Gasteiger partial charge >= 0.3 is 0 Å². The Morgan fingerprint density at radius 3 is 2.71 bits per heavy atom. The fourth-order valence-corrected chi connectivity index (χ4v) is 2.77. The second-order valence-electron chi connectivity index (χ2n) is 4.88.